The van der Waals surface area contributed by atoms with Crippen molar-refractivity contribution < 1.29 is 14.3 Å². The highest BCUT2D eigenvalue weighted by Crippen LogP contribution is 2.11. The van der Waals surface area contributed by atoms with Crippen LogP contribution in [0.2, 0.25) is 0 Å². The number of carbonyl (C=O) groups is 2. The lowest BCUT2D eigenvalue weighted by atomic mass is 10.2. The Balaban J connectivity index is 1.90. The molecule has 1 N–H and O–H groups in total. The number of amides is 2. The minimum atomic E-state index is -0.501. The van der Waals surface area contributed by atoms with Crippen LogP contribution < -0.4 is 10.1 Å². The summed E-state index contributed by atoms with van der Waals surface area (Å²) in [5, 5.41) is 11.1. The van der Waals surface area contributed by atoms with Crippen LogP contribution in [0.25, 0.3) is 0 Å². The molecule has 1 aliphatic rings. The van der Waals surface area contributed by atoms with Crippen LogP contribution in [0.1, 0.15) is 5.56 Å². The molecule has 1 aliphatic heterocycles. The maximum Gasteiger partial charge on any atom is 0.286 e. The predicted octanol–water partition coefficient (Wildman–Crippen LogP) is -0.119. The highest BCUT2D eigenvalue weighted by molar-refractivity contribution is 6.07. The molecule has 1 saturated heterocycles. The smallest absolute Gasteiger partial charge is 0.286 e. The lowest BCUT2D eigenvalue weighted by Crippen LogP contribution is -2.29. The third-order valence-corrected chi connectivity index (χ3v) is 2.57. The quantitative estimate of drug-likeness (QED) is 0.827. The molecule has 7 nitrogen and oxygen atoms in total. The summed E-state index contributed by atoms with van der Waals surface area (Å²) in [6.07, 6.45) is 0. The van der Waals surface area contributed by atoms with Gasteiger partial charge in [0.25, 0.3) is 5.91 Å². The first-order valence-electron chi connectivity index (χ1n) is 5.84. The van der Waals surface area contributed by atoms with Crippen LogP contribution >= 0.6 is 0 Å². The number of carbonyl (C=O) groups excluding carboxylic acids is 2. The van der Waals surface area contributed by atoms with Crippen molar-refractivity contribution in [1.82, 2.24) is 10.2 Å². The van der Waals surface area contributed by atoms with Crippen molar-refractivity contribution in [2.45, 2.75) is 0 Å². The van der Waals surface area contributed by atoms with Crippen LogP contribution in [-0.2, 0) is 9.59 Å². The zero-order valence-corrected chi connectivity index (χ0v) is 10.8. The number of hydrogen-bond donors (Lipinski definition) is 1. The van der Waals surface area contributed by atoms with Gasteiger partial charge in [-0.3, -0.25) is 14.9 Å². The first-order chi connectivity index (χ1) is 9.58. The molecule has 0 aliphatic carbocycles. The Morgan fingerprint density at radius 1 is 1.50 bits per heavy atom. The van der Waals surface area contributed by atoms with E-state index in [2.05, 4.69) is 10.3 Å². The maximum absolute atomic E-state index is 11.6. The maximum atomic E-state index is 11.6. The average molecular weight is 272 g/mol. The van der Waals surface area contributed by atoms with Gasteiger partial charge in [-0.1, -0.05) is 0 Å². The van der Waals surface area contributed by atoms with Crippen molar-refractivity contribution in [2.24, 2.45) is 4.99 Å². The van der Waals surface area contributed by atoms with E-state index in [1.165, 1.54) is 0 Å². The van der Waals surface area contributed by atoms with Crippen molar-refractivity contribution in [2.75, 3.05) is 20.2 Å². The fourth-order valence-electron chi connectivity index (χ4n) is 1.58. The number of nitrogens with one attached hydrogen (secondary N) is 1. The van der Waals surface area contributed by atoms with Gasteiger partial charge >= 0.3 is 0 Å². The van der Waals surface area contributed by atoms with Gasteiger partial charge in [0.05, 0.1) is 18.2 Å². The Morgan fingerprint density at radius 3 is 2.75 bits per heavy atom. The Hall–Kier alpha value is -2.88. The molecule has 0 radical (unpaired) electrons. The van der Waals surface area contributed by atoms with E-state index >= 15 is 0 Å². The normalized spacial score (nSPS) is 15.9. The summed E-state index contributed by atoms with van der Waals surface area (Å²) in [7, 11) is 1.66. The van der Waals surface area contributed by atoms with Gasteiger partial charge in [-0.2, -0.15) is 10.3 Å². The monoisotopic (exact) mass is 272 g/mol. The van der Waals surface area contributed by atoms with Crippen molar-refractivity contribution in [3.63, 3.8) is 0 Å². The highest BCUT2D eigenvalue weighted by Gasteiger charge is 2.22. The molecule has 0 aromatic heterocycles. The highest BCUT2D eigenvalue weighted by atomic mass is 16.5. The van der Waals surface area contributed by atoms with Crippen molar-refractivity contribution in [3.8, 4) is 11.8 Å². The number of guanidine groups is 1. The third kappa shape index (κ3) is 3.32. The van der Waals surface area contributed by atoms with Crippen LogP contribution in [0.5, 0.6) is 5.75 Å². The number of aliphatic imine (C=N–C) groups is 1. The van der Waals surface area contributed by atoms with E-state index in [9.17, 15) is 9.59 Å². The second kappa shape index (κ2) is 5.84. The SMILES string of the molecule is CN1CC(=O)NC1=NC(=O)COc1ccc(C#N)cc1. The van der Waals surface area contributed by atoms with Gasteiger partial charge in [0.2, 0.25) is 11.9 Å². The van der Waals surface area contributed by atoms with Crippen molar-refractivity contribution in [3.05, 3.63) is 29.8 Å². The molecule has 0 spiro atoms. The summed E-state index contributed by atoms with van der Waals surface area (Å²) in [4.78, 5) is 28.0. The molecule has 102 valence electrons. The molecule has 1 aromatic rings. The standard InChI is InChI=1S/C13H12N4O3/c1-17-7-11(18)15-13(17)16-12(19)8-20-10-4-2-9(6-14)3-5-10/h2-5H,7-8H2,1H3,(H,15,16,18,19). The predicted molar refractivity (Wildman–Crippen MR) is 69.9 cm³/mol. The number of rotatable bonds is 3. The van der Waals surface area contributed by atoms with E-state index < -0.39 is 5.91 Å². The summed E-state index contributed by atoms with van der Waals surface area (Å²) in [5.74, 6) is -0.00439. The minimum Gasteiger partial charge on any atom is -0.484 e. The fraction of sp³-hybridized carbons (Fsp3) is 0.231. The van der Waals surface area contributed by atoms with Crippen LogP contribution in [0.4, 0.5) is 0 Å². The van der Waals surface area contributed by atoms with Crippen LogP contribution in [0.15, 0.2) is 29.3 Å². The number of hydrogen-bond acceptors (Lipinski definition) is 4. The van der Waals surface area contributed by atoms with Gasteiger partial charge in [-0.25, -0.2) is 0 Å². The molecule has 20 heavy (non-hydrogen) atoms. The molecule has 2 rings (SSSR count). The number of nitrogens with zero attached hydrogens (tertiary/aromatic N) is 3. The Labute approximate surface area is 115 Å². The first-order valence-corrected chi connectivity index (χ1v) is 5.84. The van der Waals surface area contributed by atoms with E-state index in [-0.39, 0.29) is 25.0 Å². The lowest BCUT2D eigenvalue weighted by molar-refractivity contribution is -0.119. The number of ether oxygens (including phenoxy) is 1. The van der Waals surface area contributed by atoms with E-state index in [1.54, 1.807) is 36.2 Å². The minimum absolute atomic E-state index is 0.183. The molecule has 7 heteroatoms. The largest absolute Gasteiger partial charge is 0.484 e. The summed E-state index contributed by atoms with van der Waals surface area (Å²) in [6, 6.07) is 8.37. The summed E-state index contributed by atoms with van der Waals surface area (Å²) in [5.41, 5.74) is 0.513. The molecule has 1 aromatic carbocycles. The number of nitriles is 1. The van der Waals surface area contributed by atoms with E-state index in [0.717, 1.165) is 0 Å². The van der Waals surface area contributed by atoms with Gasteiger partial charge in [-0.05, 0) is 24.3 Å². The molecule has 1 fully saturated rings. The lowest BCUT2D eigenvalue weighted by Gasteiger charge is -2.08. The van der Waals surface area contributed by atoms with Gasteiger partial charge in [0.15, 0.2) is 6.61 Å². The Bertz CT molecular complexity index is 601. The number of benzene rings is 1. The summed E-state index contributed by atoms with van der Waals surface area (Å²) < 4.78 is 5.24. The zero-order chi connectivity index (χ0) is 14.5. The van der Waals surface area contributed by atoms with Crippen molar-refractivity contribution in [1.29, 1.82) is 5.26 Å². The van der Waals surface area contributed by atoms with Gasteiger partial charge in [0, 0.05) is 7.05 Å². The van der Waals surface area contributed by atoms with Crippen molar-refractivity contribution >= 4 is 17.8 Å². The van der Waals surface area contributed by atoms with Gasteiger partial charge < -0.3 is 9.64 Å². The second-order valence-corrected chi connectivity index (χ2v) is 4.16. The van der Waals surface area contributed by atoms with E-state index in [4.69, 9.17) is 10.00 Å². The molecule has 1 heterocycles. The van der Waals surface area contributed by atoms with Crippen LogP contribution in [0, 0.1) is 11.3 Å². The topological polar surface area (TPSA) is 94.8 Å². The van der Waals surface area contributed by atoms with Gasteiger partial charge in [-0.15, -0.1) is 0 Å². The molecule has 0 saturated carbocycles. The van der Waals surface area contributed by atoms with Crippen LogP contribution in [-0.4, -0.2) is 42.9 Å². The third-order valence-electron chi connectivity index (χ3n) is 2.57. The van der Waals surface area contributed by atoms with E-state index in [1.807, 2.05) is 6.07 Å². The summed E-state index contributed by atoms with van der Waals surface area (Å²) in [6.45, 7) is -0.0539. The molecular formula is C13H12N4O3. The average Bonchev–Trinajstić information content (AvgIpc) is 2.75. The molecular weight excluding hydrogens is 260 g/mol. The van der Waals surface area contributed by atoms with E-state index in [0.29, 0.717) is 11.3 Å². The molecule has 0 atom stereocenters. The zero-order valence-electron chi connectivity index (χ0n) is 10.8. The Kier molecular flexibility index (Phi) is 3.96. The van der Waals surface area contributed by atoms with Crippen LogP contribution in [0.3, 0.4) is 0 Å². The number of likely N-dealkylation sites (N-methyl/N-ethyl adjacent to an activating group) is 1. The van der Waals surface area contributed by atoms with Gasteiger partial charge in [0.1, 0.15) is 5.75 Å². The second-order valence-electron chi connectivity index (χ2n) is 4.16. The first kappa shape index (κ1) is 13.5. The molecule has 2 amide bonds. The Morgan fingerprint density at radius 2 is 2.20 bits per heavy atom. The summed E-state index contributed by atoms with van der Waals surface area (Å²) >= 11 is 0. The molecule has 0 bridgehead atoms. The molecule has 0 unspecified atom stereocenters. The fourth-order valence-corrected chi connectivity index (χ4v) is 1.58.